The Hall–Kier alpha value is -2.26. The molecule has 0 saturated carbocycles. The maximum absolute atomic E-state index is 15.8. The van der Waals surface area contributed by atoms with Crippen molar-refractivity contribution in [3.63, 3.8) is 0 Å². The van der Waals surface area contributed by atoms with Gasteiger partial charge in [0, 0.05) is 46.7 Å². The average molecular weight is 788 g/mol. The Bertz CT molecular complexity index is 1590. The fourth-order valence-corrected chi connectivity index (χ4v) is 6.74. The van der Waals surface area contributed by atoms with Crippen LogP contribution in [0.25, 0.3) is 21.9 Å². The minimum Gasteiger partial charge on any atom is -0.460 e. The van der Waals surface area contributed by atoms with Crippen molar-refractivity contribution in [2.45, 2.75) is 90.1 Å². The van der Waals surface area contributed by atoms with E-state index in [1.165, 1.54) is 0 Å². The molecule has 0 N–H and O–H groups in total. The fraction of sp³-hybridized carbons (Fsp3) is 0.613. The van der Waals surface area contributed by atoms with E-state index in [4.69, 9.17) is 19.4 Å². The van der Waals surface area contributed by atoms with Gasteiger partial charge in [-0.1, -0.05) is 0 Å². The van der Waals surface area contributed by atoms with Crippen LogP contribution in [0.2, 0.25) is 0 Å². The van der Waals surface area contributed by atoms with Gasteiger partial charge in [-0.2, -0.15) is 0 Å². The summed E-state index contributed by atoms with van der Waals surface area (Å²) in [6, 6.07) is 1.75. The molecule has 2 fully saturated rings. The topological polar surface area (TPSA) is 93.0 Å². The van der Waals surface area contributed by atoms with Crippen LogP contribution in [0.3, 0.4) is 0 Å². The number of hydrogen-bond donors (Lipinski definition) is 0. The SMILES string of the molecule is CN(C)C1CN(c2nc3c(F)c(Br)c(I)cc3c3c2ncn3[C@H]2CCN(C(=O)OC(C)(C)C)[C@H](CC(=O)OC(C)(C)C)C2)C1. The number of carbonyl (C=O) groups is 2. The monoisotopic (exact) mass is 786 g/mol. The van der Waals surface area contributed by atoms with E-state index in [-0.39, 0.29) is 23.9 Å². The predicted molar refractivity (Wildman–Crippen MR) is 181 cm³/mol. The molecule has 0 spiro atoms. The Morgan fingerprint density at radius 2 is 1.77 bits per heavy atom. The molecular weight excluding hydrogens is 746 g/mol. The van der Waals surface area contributed by atoms with Crippen molar-refractivity contribution in [2.75, 3.05) is 38.6 Å². The number of carbonyl (C=O) groups excluding carboxylic acids is 2. The smallest absolute Gasteiger partial charge is 0.410 e. The molecule has 2 aliphatic rings. The van der Waals surface area contributed by atoms with E-state index in [1.807, 2.05) is 47.6 Å². The number of ether oxygens (including phenoxy) is 2. The van der Waals surface area contributed by atoms with Crippen LogP contribution >= 0.6 is 38.5 Å². The van der Waals surface area contributed by atoms with Crippen LogP contribution < -0.4 is 4.90 Å². The van der Waals surface area contributed by atoms with Crippen LogP contribution in [0, 0.1) is 9.39 Å². The van der Waals surface area contributed by atoms with Crippen LogP contribution in [-0.4, -0.2) is 93.4 Å². The van der Waals surface area contributed by atoms with Crippen molar-refractivity contribution in [3.05, 3.63) is 26.3 Å². The summed E-state index contributed by atoms with van der Waals surface area (Å²) in [5, 5.41) is 0.675. The standard InChI is InChI=1S/C31H41BrFIN6O4/c1-30(2,3)43-22(41)12-18-11-17(9-10-39(18)29(42)44-31(4,5)6)40-16-35-26-27(40)20-13-21(34)23(32)24(33)25(20)36-28(26)38-14-19(15-38)37(7)8/h13,16-19H,9-12,14-15H2,1-8H3/t17-,18-/m0/s1. The zero-order valence-corrected chi connectivity index (χ0v) is 30.3. The van der Waals surface area contributed by atoms with Crippen molar-refractivity contribution in [1.82, 2.24) is 24.3 Å². The van der Waals surface area contributed by atoms with Crippen molar-refractivity contribution >= 4 is 78.3 Å². The molecule has 1 amide bonds. The first-order valence-electron chi connectivity index (χ1n) is 14.9. The Balaban J connectivity index is 1.56. The molecule has 5 rings (SSSR count). The first-order chi connectivity index (χ1) is 20.4. The number of likely N-dealkylation sites (tertiary alicyclic amines) is 1. The third-order valence-electron chi connectivity index (χ3n) is 8.04. The molecule has 13 heteroatoms. The highest BCUT2D eigenvalue weighted by atomic mass is 127. The molecule has 0 unspecified atom stereocenters. The number of aromatic nitrogens is 3. The van der Waals surface area contributed by atoms with Crippen LogP contribution in [0.5, 0.6) is 0 Å². The number of nitrogens with zero attached hydrogens (tertiary/aromatic N) is 6. The zero-order valence-electron chi connectivity index (χ0n) is 26.6. The van der Waals surface area contributed by atoms with Gasteiger partial charge in [-0.05, 0) is 113 Å². The number of imidazole rings is 1. The van der Waals surface area contributed by atoms with E-state index in [9.17, 15) is 9.59 Å². The van der Waals surface area contributed by atoms with Crippen LogP contribution in [0.4, 0.5) is 15.0 Å². The molecule has 2 saturated heterocycles. The molecule has 0 radical (unpaired) electrons. The molecule has 4 heterocycles. The lowest BCUT2D eigenvalue weighted by Gasteiger charge is -2.43. The molecule has 2 aliphatic heterocycles. The highest BCUT2D eigenvalue weighted by Crippen LogP contribution is 2.41. The molecule has 0 bridgehead atoms. The number of piperidine rings is 1. The lowest BCUT2D eigenvalue weighted by Crippen LogP contribution is -2.57. The molecule has 10 nitrogen and oxygen atoms in total. The van der Waals surface area contributed by atoms with Gasteiger partial charge in [0.1, 0.15) is 22.2 Å². The number of hydrogen-bond acceptors (Lipinski definition) is 8. The quantitative estimate of drug-likeness (QED) is 0.164. The highest BCUT2D eigenvalue weighted by Gasteiger charge is 2.38. The Labute approximate surface area is 279 Å². The third-order valence-corrected chi connectivity index (χ3v) is 10.4. The second-order valence-electron chi connectivity index (χ2n) is 14.0. The Kier molecular flexibility index (Phi) is 9.15. The van der Waals surface area contributed by atoms with E-state index in [2.05, 4.69) is 67.0 Å². The van der Waals surface area contributed by atoms with Gasteiger partial charge < -0.3 is 28.7 Å². The maximum atomic E-state index is 15.8. The summed E-state index contributed by atoms with van der Waals surface area (Å²) < 4.78 is 30.3. The summed E-state index contributed by atoms with van der Waals surface area (Å²) in [6.45, 7) is 12.9. The van der Waals surface area contributed by atoms with E-state index in [1.54, 1.807) is 11.2 Å². The molecule has 1 aromatic carbocycles. The second-order valence-corrected chi connectivity index (χ2v) is 15.9. The van der Waals surface area contributed by atoms with Crippen LogP contribution in [0.1, 0.15) is 66.8 Å². The van der Waals surface area contributed by atoms with Gasteiger partial charge in [0.15, 0.2) is 11.6 Å². The van der Waals surface area contributed by atoms with Crippen LogP contribution in [-0.2, 0) is 14.3 Å². The van der Waals surface area contributed by atoms with Crippen molar-refractivity contribution in [2.24, 2.45) is 0 Å². The Morgan fingerprint density at radius 1 is 1.11 bits per heavy atom. The number of halogens is 3. The number of amides is 1. The molecule has 3 aromatic rings. The summed E-state index contributed by atoms with van der Waals surface area (Å²) in [7, 11) is 4.10. The number of fused-ring (bicyclic) bond motifs is 3. The third kappa shape index (κ3) is 6.79. The van der Waals surface area contributed by atoms with Gasteiger partial charge in [0.25, 0.3) is 0 Å². The average Bonchev–Trinajstić information content (AvgIpc) is 3.30. The van der Waals surface area contributed by atoms with E-state index < -0.39 is 29.2 Å². The predicted octanol–water partition coefficient (Wildman–Crippen LogP) is 6.51. The summed E-state index contributed by atoms with van der Waals surface area (Å²) in [6.07, 6.45) is 2.46. The largest absolute Gasteiger partial charge is 0.460 e. The highest BCUT2D eigenvalue weighted by molar-refractivity contribution is 14.1. The number of benzene rings is 1. The van der Waals surface area contributed by atoms with E-state index in [0.29, 0.717) is 46.6 Å². The van der Waals surface area contributed by atoms with Crippen molar-refractivity contribution < 1.29 is 23.5 Å². The number of rotatable bonds is 5. The summed E-state index contributed by atoms with van der Waals surface area (Å²) >= 11 is 5.53. The van der Waals surface area contributed by atoms with Crippen molar-refractivity contribution in [1.29, 1.82) is 0 Å². The molecule has 44 heavy (non-hydrogen) atoms. The molecule has 240 valence electrons. The van der Waals surface area contributed by atoms with Gasteiger partial charge in [0.2, 0.25) is 0 Å². The van der Waals surface area contributed by atoms with Gasteiger partial charge in [-0.15, -0.1) is 0 Å². The minimum absolute atomic E-state index is 0.0341. The molecule has 0 aliphatic carbocycles. The minimum atomic E-state index is -0.675. The first kappa shape index (κ1) is 33.1. The summed E-state index contributed by atoms with van der Waals surface area (Å²) in [5.74, 6) is -0.123. The normalized spacial score (nSPS) is 20.0. The lowest BCUT2D eigenvalue weighted by atomic mass is 9.94. The summed E-state index contributed by atoms with van der Waals surface area (Å²) in [4.78, 5) is 41.9. The fourth-order valence-electron chi connectivity index (χ4n) is 5.89. The molecule has 2 aromatic heterocycles. The molecule has 2 atom stereocenters. The second kappa shape index (κ2) is 12.2. The number of esters is 1. The maximum Gasteiger partial charge on any atom is 0.410 e. The lowest BCUT2D eigenvalue weighted by molar-refractivity contribution is -0.156. The van der Waals surface area contributed by atoms with E-state index >= 15 is 4.39 Å². The number of likely N-dealkylation sites (N-methyl/N-ethyl adjacent to an activating group) is 1. The first-order valence-corrected chi connectivity index (χ1v) is 16.8. The number of anilines is 1. The summed E-state index contributed by atoms with van der Waals surface area (Å²) in [5.41, 5.74) is 0.472. The van der Waals surface area contributed by atoms with Gasteiger partial charge >= 0.3 is 12.1 Å². The van der Waals surface area contributed by atoms with Gasteiger partial charge in [0.05, 0.1) is 22.7 Å². The van der Waals surface area contributed by atoms with Crippen molar-refractivity contribution in [3.8, 4) is 0 Å². The van der Waals surface area contributed by atoms with Gasteiger partial charge in [-0.25, -0.2) is 19.2 Å². The number of pyridine rings is 1. The molecular formula is C31H41BrFIN6O4. The Morgan fingerprint density at radius 3 is 2.39 bits per heavy atom. The van der Waals surface area contributed by atoms with Crippen LogP contribution in [0.15, 0.2) is 16.9 Å². The van der Waals surface area contributed by atoms with E-state index in [0.717, 1.165) is 22.2 Å². The zero-order chi connectivity index (χ0) is 32.3. The van der Waals surface area contributed by atoms with Gasteiger partial charge in [-0.3, -0.25) is 4.79 Å².